The molecule has 20 heavy (non-hydrogen) atoms. The summed E-state index contributed by atoms with van der Waals surface area (Å²) in [7, 11) is -0.218. The highest BCUT2D eigenvalue weighted by Crippen LogP contribution is 2.24. The van der Waals surface area contributed by atoms with Crippen LogP contribution >= 0.6 is 0 Å². The quantitative estimate of drug-likeness (QED) is 0.802. The van der Waals surface area contributed by atoms with Gasteiger partial charge in [-0.1, -0.05) is 0 Å². The maximum Gasteiger partial charge on any atom is 0.243 e. The van der Waals surface area contributed by atoms with Crippen LogP contribution in [0.4, 0.5) is 5.69 Å². The Kier molecular flexibility index (Phi) is 4.11. The zero-order chi connectivity index (χ0) is 14.9. The summed E-state index contributed by atoms with van der Waals surface area (Å²) in [6, 6.07) is -0.754. The Labute approximate surface area is 117 Å². The average molecular weight is 302 g/mol. The third kappa shape index (κ3) is 3.17. The van der Waals surface area contributed by atoms with E-state index in [0.717, 1.165) is 6.26 Å². The molecule has 0 saturated carbocycles. The number of hydrogen-bond acceptors (Lipinski definition) is 5. The minimum Gasteiger partial charge on any atom is -0.380 e. The summed E-state index contributed by atoms with van der Waals surface area (Å²) in [4.78, 5) is 12.2. The predicted molar refractivity (Wildman–Crippen MR) is 72.6 cm³/mol. The second kappa shape index (κ2) is 5.51. The summed E-state index contributed by atoms with van der Waals surface area (Å²) in [5.41, 5.74) is 0.534. The molecule has 0 unspecified atom stereocenters. The smallest absolute Gasteiger partial charge is 0.243 e. The van der Waals surface area contributed by atoms with Gasteiger partial charge in [0.1, 0.15) is 6.04 Å². The number of nitrogens with zero attached hydrogens (tertiary/aromatic N) is 3. The van der Waals surface area contributed by atoms with Gasteiger partial charge in [0.25, 0.3) is 0 Å². The summed E-state index contributed by atoms with van der Waals surface area (Å²) < 4.78 is 31.4. The molecular weight excluding hydrogens is 284 g/mol. The van der Waals surface area contributed by atoms with Crippen LogP contribution in [0.25, 0.3) is 0 Å². The number of carbonyl (C=O) groups is 1. The highest BCUT2D eigenvalue weighted by molar-refractivity contribution is 7.88. The van der Waals surface area contributed by atoms with Crippen LogP contribution < -0.4 is 5.32 Å². The number of nitrogens with one attached hydrogen (secondary N) is 1. The van der Waals surface area contributed by atoms with Crippen LogP contribution in [0, 0.1) is 0 Å². The number of ether oxygens (including phenoxy) is 1. The number of rotatable bonds is 4. The molecule has 112 valence electrons. The first-order valence-corrected chi connectivity index (χ1v) is 7.95. The molecule has 0 spiro atoms. The third-order valence-corrected chi connectivity index (χ3v) is 4.51. The number of carbonyl (C=O) groups excluding carboxylic acids is 1. The van der Waals surface area contributed by atoms with Gasteiger partial charge in [0, 0.05) is 33.3 Å². The number of hydrogen-bond donors (Lipinski definition) is 1. The van der Waals surface area contributed by atoms with Crippen molar-refractivity contribution in [3.05, 3.63) is 12.4 Å². The molecule has 0 radical (unpaired) electrons. The predicted octanol–water partition coefficient (Wildman–Crippen LogP) is -0.592. The molecule has 1 amide bonds. The van der Waals surface area contributed by atoms with Crippen LogP contribution in [0.15, 0.2) is 12.4 Å². The van der Waals surface area contributed by atoms with E-state index in [1.54, 1.807) is 17.9 Å². The van der Waals surface area contributed by atoms with E-state index in [4.69, 9.17) is 4.74 Å². The van der Waals surface area contributed by atoms with Crippen LogP contribution in [0.2, 0.25) is 0 Å². The first kappa shape index (κ1) is 14.9. The van der Waals surface area contributed by atoms with Crippen LogP contribution in [-0.4, -0.2) is 60.5 Å². The highest BCUT2D eigenvalue weighted by Gasteiger charge is 2.41. The lowest BCUT2D eigenvalue weighted by Crippen LogP contribution is -2.42. The standard InChI is InChI=1S/C11H18N4O4S/c1-14-6-8(5-12-14)13-11(16)10-4-9(19-2)7-15(10)20(3,17)18/h5-6,9-10H,4,7H2,1-3H3,(H,13,16)/t9-,10+/m0/s1. The van der Waals surface area contributed by atoms with Crippen molar-refractivity contribution in [2.75, 3.05) is 25.2 Å². The van der Waals surface area contributed by atoms with Gasteiger partial charge >= 0.3 is 0 Å². The Morgan fingerprint density at radius 2 is 2.25 bits per heavy atom. The average Bonchev–Trinajstić information content (AvgIpc) is 2.94. The molecule has 1 fully saturated rings. The van der Waals surface area contributed by atoms with Crippen molar-refractivity contribution in [2.24, 2.45) is 7.05 Å². The van der Waals surface area contributed by atoms with Crippen molar-refractivity contribution in [1.82, 2.24) is 14.1 Å². The van der Waals surface area contributed by atoms with Crippen molar-refractivity contribution in [2.45, 2.75) is 18.6 Å². The van der Waals surface area contributed by atoms with Gasteiger partial charge in [-0.15, -0.1) is 0 Å². The number of anilines is 1. The maximum absolute atomic E-state index is 12.2. The second-order valence-electron chi connectivity index (χ2n) is 4.83. The second-order valence-corrected chi connectivity index (χ2v) is 6.77. The molecule has 1 N–H and O–H groups in total. The van der Waals surface area contributed by atoms with Gasteiger partial charge in [-0.05, 0) is 0 Å². The van der Waals surface area contributed by atoms with Gasteiger partial charge in [-0.25, -0.2) is 8.42 Å². The summed E-state index contributed by atoms with van der Waals surface area (Å²) in [5.74, 6) is -0.372. The summed E-state index contributed by atoms with van der Waals surface area (Å²) in [6.45, 7) is 0.195. The van der Waals surface area contributed by atoms with E-state index in [1.807, 2.05) is 0 Å². The van der Waals surface area contributed by atoms with Crippen LogP contribution in [-0.2, 0) is 26.6 Å². The molecule has 1 aliphatic rings. The fourth-order valence-corrected chi connectivity index (χ4v) is 3.34. The van der Waals surface area contributed by atoms with E-state index < -0.39 is 16.1 Å². The van der Waals surface area contributed by atoms with E-state index >= 15 is 0 Å². The molecule has 9 heteroatoms. The molecule has 1 saturated heterocycles. The van der Waals surface area contributed by atoms with Crippen molar-refractivity contribution in [3.8, 4) is 0 Å². The highest BCUT2D eigenvalue weighted by atomic mass is 32.2. The summed E-state index contributed by atoms with van der Waals surface area (Å²) in [6.07, 6.45) is 4.32. The van der Waals surface area contributed by atoms with Gasteiger partial charge in [-0.2, -0.15) is 9.40 Å². The minimum atomic E-state index is -3.46. The Morgan fingerprint density at radius 3 is 2.75 bits per heavy atom. The number of aromatic nitrogens is 2. The Hall–Kier alpha value is -1.45. The Bertz CT molecular complexity index is 597. The minimum absolute atomic E-state index is 0.195. The zero-order valence-electron chi connectivity index (χ0n) is 11.6. The van der Waals surface area contributed by atoms with E-state index in [9.17, 15) is 13.2 Å². The normalized spacial score (nSPS) is 23.9. The zero-order valence-corrected chi connectivity index (χ0v) is 12.4. The maximum atomic E-state index is 12.2. The van der Waals surface area contributed by atoms with E-state index in [1.165, 1.54) is 17.6 Å². The SMILES string of the molecule is CO[C@H]1C[C@H](C(=O)Nc2cnn(C)c2)N(S(C)(=O)=O)C1. The molecule has 2 heterocycles. The van der Waals surface area contributed by atoms with E-state index in [0.29, 0.717) is 12.1 Å². The first-order valence-electron chi connectivity index (χ1n) is 6.10. The van der Waals surface area contributed by atoms with Gasteiger partial charge < -0.3 is 10.1 Å². The van der Waals surface area contributed by atoms with Crippen molar-refractivity contribution in [3.63, 3.8) is 0 Å². The summed E-state index contributed by atoms with van der Waals surface area (Å²) in [5, 5.41) is 6.61. The van der Waals surface area contributed by atoms with Crippen LogP contribution in [0.3, 0.4) is 0 Å². The molecule has 2 rings (SSSR count). The molecule has 2 atom stereocenters. The van der Waals surface area contributed by atoms with Gasteiger partial charge in [-0.3, -0.25) is 9.48 Å². The largest absolute Gasteiger partial charge is 0.380 e. The van der Waals surface area contributed by atoms with Gasteiger partial charge in [0.15, 0.2) is 0 Å². The van der Waals surface area contributed by atoms with Crippen LogP contribution in [0.1, 0.15) is 6.42 Å². The molecule has 0 bridgehead atoms. The molecule has 0 aliphatic carbocycles. The molecular formula is C11H18N4O4S. The first-order chi connectivity index (χ1) is 9.31. The van der Waals surface area contributed by atoms with Crippen molar-refractivity contribution in [1.29, 1.82) is 0 Å². The molecule has 1 aromatic rings. The lowest BCUT2D eigenvalue weighted by atomic mass is 10.2. The Morgan fingerprint density at radius 1 is 1.55 bits per heavy atom. The number of aryl methyl sites for hydroxylation is 1. The van der Waals surface area contributed by atoms with Crippen molar-refractivity contribution < 1.29 is 17.9 Å². The monoisotopic (exact) mass is 302 g/mol. The molecule has 8 nitrogen and oxygen atoms in total. The molecule has 0 aromatic carbocycles. The van der Waals surface area contributed by atoms with E-state index in [2.05, 4.69) is 10.4 Å². The third-order valence-electron chi connectivity index (χ3n) is 3.25. The fourth-order valence-electron chi connectivity index (χ4n) is 2.26. The van der Waals surface area contributed by atoms with Gasteiger partial charge in [0.05, 0.1) is 24.2 Å². The topological polar surface area (TPSA) is 93.5 Å². The lowest BCUT2D eigenvalue weighted by molar-refractivity contribution is -0.119. The number of amides is 1. The number of sulfonamides is 1. The Balaban J connectivity index is 2.14. The van der Waals surface area contributed by atoms with Gasteiger partial charge in [0.2, 0.25) is 15.9 Å². The molecule has 1 aliphatic heterocycles. The van der Waals surface area contributed by atoms with Crippen LogP contribution in [0.5, 0.6) is 0 Å². The molecule has 1 aromatic heterocycles. The van der Waals surface area contributed by atoms with Crippen molar-refractivity contribution >= 4 is 21.6 Å². The summed E-state index contributed by atoms with van der Waals surface area (Å²) >= 11 is 0. The fraction of sp³-hybridized carbons (Fsp3) is 0.636. The number of methoxy groups -OCH3 is 1. The van der Waals surface area contributed by atoms with E-state index in [-0.39, 0.29) is 18.6 Å². The lowest BCUT2D eigenvalue weighted by Gasteiger charge is -2.20.